The van der Waals surface area contributed by atoms with Gasteiger partial charge in [-0.25, -0.2) is 4.98 Å². The number of amides is 1. The maximum Gasteiger partial charge on any atom is 0.233 e. The first kappa shape index (κ1) is 18.4. The van der Waals surface area contributed by atoms with Gasteiger partial charge in [0.2, 0.25) is 11.1 Å². The average Bonchev–Trinajstić information content (AvgIpc) is 2.99. The standard InChI is InChI=1S/C19H26N6OS/c1-2-17-21-19(23-22-17)27-13-18(26)25-10-14-6-7-16(25)12-24(9-14)11-15-5-3-4-8-20-15/h3-5,8,14,16H,2,6-7,9-13H2,1H3,(H,21,22,23)/t14-,16+/m0/s1. The van der Waals surface area contributed by atoms with Crippen molar-refractivity contribution >= 4 is 17.7 Å². The number of hydrogen-bond acceptors (Lipinski definition) is 6. The van der Waals surface area contributed by atoms with Crippen LogP contribution in [0.4, 0.5) is 0 Å². The third kappa shape index (κ3) is 4.50. The van der Waals surface area contributed by atoms with Crippen LogP contribution in [-0.2, 0) is 17.8 Å². The Hall–Kier alpha value is -1.93. The summed E-state index contributed by atoms with van der Waals surface area (Å²) in [4.78, 5) is 26.3. The lowest BCUT2D eigenvalue weighted by Gasteiger charge is -2.36. The molecule has 5 heterocycles. The van der Waals surface area contributed by atoms with Gasteiger partial charge in [0.15, 0.2) is 0 Å². The topological polar surface area (TPSA) is 78.0 Å². The number of nitrogens with zero attached hydrogens (tertiary/aromatic N) is 5. The molecule has 1 N–H and O–H groups in total. The molecule has 0 aliphatic carbocycles. The number of piperidine rings is 1. The Kier molecular flexibility index (Phi) is 5.73. The fraction of sp³-hybridized carbons (Fsp3) is 0.579. The molecule has 7 nitrogen and oxygen atoms in total. The molecule has 0 saturated carbocycles. The molecule has 1 amide bonds. The van der Waals surface area contributed by atoms with E-state index in [0.29, 0.717) is 22.9 Å². The fourth-order valence-corrected chi connectivity index (χ4v) is 4.75. The summed E-state index contributed by atoms with van der Waals surface area (Å²) in [7, 11) is 0. The first-order chi connectivity index (χ1) is 13.2. The Labute approximate surface area is 163 Å². The second-order valence-electron chi connectivity index (χ2n) is 7.37. The van der Waals surface area contributed by atoms with Gasteiger partial charge in [-0.1, -0.05) is 24.8 Å². The number of aromatic amines is 1. The highest BCUT2D eigenvalue weighted by Gasteiger charge is 2.37. The summed E-state index contributed by atoms with van der Waals surface area (Å²) < 4.78 is 0. The Morgan fingerprint density at radius 1 is 1.30 bits per heavy atom. The van der Waals surface area contributed by atoms with Crippen molar-refractivity contribution in [1.82, 2.24) is 30.0 Å². The first-order valence-corrected chi connectivity index (χ1v) is 10.7. The highest BCUT2D eigenvalue weighted by molar-refractivity contribution is 7.99. The number of fused-ring (bicyclic) bond motifs is 4. The van der Waals surface area contributed by atoms with E-state index in [0.717, 1.165) is 50.5 Å². The molecule has 27 heavy (non-hydrogen) atoms. The Balaban J connectivity index is 1.36. The third-order valence-corrected chi connectivity index (χ3v) is 6.22. The quantitative estimate of drug-likeness (QED) is 0.765. The van der Waals surface area contributed by atoms with Crippen molar-refractivity contribution in [3.8, 4) is 0 Å². The van der Waals surface area contributed by atoms with Gasteiger partial charge in [-0.15, -0.1) is 5.10 Å². The zero-order chi connectivity index (χ0) is 18.6. The minimum Gasteiger partial charge on any atom is -0.337 e. The lowest BCUT2D eigenvalue weighted by molar-refractivity contribution is -0.132. The molecule has 3 aliphatic heterocycles. The number of aromatic nitrogens is 4. The Bertz CT molecular complexity index is 767. The van der Waals surface area contributed by atoms with Gasteiger partial charge in [0.1, 0.15) is 5.82 Å². The lowest BCUT2D eigenvalue weighted by atomic mass is 9.95. The van der Waals surface area contributed by atoms with Gasteiger partial charge in [0, 0.05) is 44.8 Å². The second-order valence-corrected chi connectivity index (χ2v) is 8.31. The molecule has 0 radical (unpaired) electrons. The predicted octanol–water partition coefficient (Wildman–Crippen LogP) is 1.98. The van der Waals surface area contributed by atoms with E-state index in [1.807, 2.05) is 25.3 Å². The molecule has 2 aromatic heterocycles. The van der Waals surface area contributed by atoms with E-state index in [9.17, 15) is 4.79 Å². The molecule has 0 unspecified atom stereocenters. The zero-order valence-electron chi connectivity index (χ0n) is 15.7. The number of aryl methyl sites for hydroxylation is 1. The molecular weight excluding hydrogens is 360 g/mol. The monoisotopic (exact) mass is 386 g/mol. The van der Waals surface area contributed by atoms with Crippen molar-refractivity contribution in [2.45, 2.75) is 43.9 Å². The van der Waals surface area contributed by atoms with Crippen molar-refractivity contribution in [1.29, 1.82) is 0 Å². The van der Waals surface area contributed by atoms with Crippen LogP contribution in [0.3, 0.4) is 0 Å². The number of hydrogen-bond donors (Lipinski definition) is 1. The summed E-state index contributed by atoms with van der Waals surface area (Å²) in [5.74, 6) is 2.03. The number of nitrogens with one attached hydrogen (secondary N) is 1. The molecule has 2 atom stereocenters. The summed E-state index contributed by atoms with van der Waals surface area (Å²) in [6.07, 6.45) is 4.98. The number of carbonyl (C=O) groups is 1. The third-order valence-electron chi connectivity index (χ3n) is 5.39. The summed E-state index contributed by atoms with van der Waals surface area (Å²) in [5.41, 5.74) is 1.10. The van der Waals surface area contributed by atoms with Crippen LogP contribution in [0, 0.1) is 5.92 Å². The van der Waals surface area contributed by atoms with E-state index >= 15 is 0 Å². The molecular formula is C19H26N6OS. The fourth-order valence-electron chi connectivity index (χ4n) is 4.04. The smallest absolute Gasteiger partial charge is 0.233 e. The van der Waals surface area contributed by atoms with Crippen LogP contribution in [0.2, 0.25) is 0 Å². The van der Waals surface area contributed by atoms with E-state index in [2.05, 4.69) is 36.0 Å². The normalized spacial score (nSPS) is 22.8. The van der Waals surface area contributed by atoms with Gasteiger partial charge in [-0.05, 0) is 30.9 Å². The lowest BCUT2D eigenvalue weighted by Crippen LogP contribution is -2.48. The van der Waals surface area contributed by atoms with E-state index in [-0.39, 0.29) is 5.91 Å². The Morgan fingerprint density at radius 3 is 3.00 bits per heavy atom. The minimum absolute atomic E-state index is 0.206. The van der Waals surface area contributed by atoms with Crippen LogP contribution in [0.25, 0.3) is 0 Å². The van der Waals surface area contributed by atoms with Gasteiger partial charge in [-0.3, -0.25) is 19.8 Å². The van der Waals surface area contributed by atoms with Crippen molar-refractivity contribution in [3.63, 3.8) is 0 Å². The molecule has 3 aliphatic rings. The van der Waals surface area contributed by atoms with Crippen LogP contribution < -0.4 is 0 Å². The van der Waals surface area contributed by atoms with E-state index in [4.69, 9.17) is 0 Å². The molecule has 3 fully saturated rings. The number of pyridine rings is 1. The predicted molar refractivity (Wildman–Crippen MR) is 104 cm³/mol. The van der Waals surface area contributed by atoms with E-state index in [1.54, 1.807) is 0 Å². The van der Waals surface area contributed by atoms with Crippen molar-refractivity contribution < 1.29 is 4.79 Å². The van der Waals surface area contributed by atoms with Gasteiger partial charge in [0.25, 0.3) is 0 Å². The van der Waals surface area contributed by atoms with Crippen molar-refractivity contribution in [2.75, 3.05) is 25.4 Å². The number of H-pyrrole nitrogens is 1. The van der Waals surface area contributed by atoms with Gasteiger partial charge < -0.3 is 4.90 Å². The molecule has 0 spiro atoms. The molecule has 3 saturated heterocycles. The maximum atomic E-state index is 12.9. The molecule has 5 rings (SSSR count). The highest BCUT2D eigenvalue weighted by Crippen LogP contribution is 2.29. The Morgan fingerprint density at radius 2 is 2.22 bits per heavy atom. The molecule has 2 aromatic rings. The van der Waals surface area contributed by atoms with Gasteiger partial charge >= 0.3 is 0 Å². The summed E-state index contributed by atoms with van der Waals surface area (Å²) in [6, 6.07) is 6.37. The van der Waals surface area contributed by atoms with Crippen LogP contribution in [-0.4, -0.2) is 67.3 Å². The molecule has 2 bridgehead atoms. The van der Waals surface area contributed by atoms with Crippen LogP contribution in [0.15, 0.2) is 29.6 Å². The van der Waals surface area contributed by atoms with Gasteiger partial charge in [0.05, 0.1) is 11.4 Å². The second kappa shape index (κ2) is 8.39. The molecule has 8 heteroatoms. The zero-order valence-corrected chi connectivity index (χ0v) is 16.5. The van der Waals surface area contributed by atoms with Crippen molar-refractivity contribution in [2.24, 2.45) is 5.92 Å². The van der Waals surface area contributed by atoms with E-state index < -0.39 is 0 Å². The summed E-state index contributed by atoms with van der Waals surface area (Å²) >= 11 is 1.43. The number of carbonyl (C=O) groups excluding carboxylic acids is 1. The summed E-state index contributed by atoms with van der Waals surface area (Å²) in [5, 5.41) is 7.74. The van der Waals surface area contributed by atoms with Crippen LogP contribution >= 0.6 is 11.8 Å². The average molecular weight is 387 g/mol. The van der Waals surface area contributed by atoms with Crippen LogP contribution in [0.5, 0.6) is 0 Å². The highest BCUT2D eigenvalue weighted by atomic mass is 32.2. The largest absolute Gasteiger partial charge is 0.337 e. The number of thioether (sulfide) groups is 1. The first-order valence-electron chi connectivity index (χ1n) is 9.67. The minimum atomic E-state index is 0.206. The molecule has 144 valence electrons. The number of rotatable bonds is 6. The summed E-state index contributed by atoms with van der Waals surface area (Å²) in [6.45, 7) is 5.75. The van der Waals surface area contributed by atoms with E-state index in [1.165, 1.54) is 18.2 Å². The van der Waals surface area contributed by atoms with Crippen molar-refractivity contribution in [3.05, 3.63) is 35.9 Å². The maximum absolute atomic E-state index is 12.9. The SMILES string of the molecule is CCc1nc(SCC(=O)N2C[C@H]3CC[C@@H]2CN(Cc2ccccn2)C3)n[nH]1. The van der Waals surface area contributed by atoms with Crippen LogP contribution in [0.1, 0.15) is 31.3 Å². The molecule has 0 aromatic carbocycles. The van der Waals surface area contributed by atoms with Gasteiger partial charge in [-0.2, -0.15) is 0 Å².